The second-order valence-corrected chi connectivity index (χ2v) is 5.64. The Morgan fingerprint density at radius 1 is 1.04 bits per heavy atom. The summed E-state index contributed by atoms with van der Waals surface area (Å²) in [6.07, 6.45) is 0. The van der Waals surface area contributed by atoms with Gasteiger partial charge >= 0.3 is 0 Å². The van der Waals surface area contributed by atoms with Crippen LogP contribution in [0.2, 0.25) is 0 Å². The number of carbonyl (C=O) groups excluding carboxylic acids is 2. The van der Waals surface area contributed by atoms with Crippen molar-refractivity contribution in [3.8, 4) is 5.75 Å². The minimum Gasteiger partial charge on any atom is -0.507 e. The Bertz CT molecular complexity index is 819. The number of nitrogens with one attached hydrogen (secondary N) is 1. The molecule has 122 valence electrons. The van der Waals surface area contributed by atoms with Crippen LogP contribution in [0.5, 0.6) is 5.75 Å². The summed E-state index contributed by atoms with van der Waals surface area (Å²) < 4.78 is 5.08. The molecule has 1 saturated heterocycles. The molecule has 0 aromatic heterocycles. The van der Waals surface area contributed by atoms with E-state index in [1.807, 2.05) is 31.2 Å². The van der Waals surface area contributed by atoms with Gasteiger partial charge in [0.05, 0.1) is 18.7 Å². The first kappa shape index (κ1) is 15.8. The van der Waals surface area contributed by atoms with Gasteiger partial charge in [-0.2, -0.15) is 0 Å². The molecule has 0 saturated carbocycles. The van der Waals surface area contributed by atoms with Crippen LogP contribution in [0.1, 0.15) is 22.7 Å². The van der Waals surface area contributed by atoms with Crippen molar-refractivity contribution >= 4 is 17.4 Å². The number of hydrogen-bond donors (Lipinski definition) is 2. The maximum Gasteiger partial charge on any atom is 0.293 e. The number of Topliss-reactive ketones (excluding diaryl/α,β-unsaturated/α-hetero) is 1. The van der Waals surface area contributed by atoms with E-state index in [-0.39, 0.29) is 11.3 Å². The zero-order valence-corrected chi connectivity index (χ0v) is 13.4. The number of aliphatic hydroxyl groups excluding tert-OH is 1. The number of carbonyl (C=O) groups is 2. The summed E-state index contributed by atoms with van der Waals surface area (Å²) >= 11 is 0. The Hall–Kier alpha value is -3.08. The average Bonchev–Trinajstić information content (AvgIpc) is 2.90. The zero-order chi connectivity index (χ0) is 17.3. The van der Waals surface area contributed by atoms with Gasteiger partial charge in [-0.25, -0.2) is 0 Å². The fourth-order valence-corrected chi connectivity index (χ4v) is 2.68. The highest BCUT2D eigenvalue weighted by molar-refractivity contribution is 6.46. The normalized spacial score (nSPS) is 19.2. The number of amides is 1. The molecule has 0 spiro atoms. The lowest BCUT2D eigenvalue weighted by Gasteiger charge is -2.14. The molecule has 2 aromatic rings. The number of ketones is 1. The van der Waals surface area contributed by atoms with Gasteiger partial charge in [-0.05, 0) is 36.8 Å². The SMILES string of the molecule is COc1ccc(C(O)=C2C(=O)C(=O)N[C@@H]2c2ccc(C)cc2)cc1. The van der Waals surface area contributed by atoms with E-state index in [0.29, 0.717) is 11.3 Å². The number of hydrogen-bond acceptors (Lipinski definition) is 4. The molecule has 0 bridgehead atoms. The van der Waals surface area contributed by atoms with E-state index in [1.54, 1.807) is 31.4 Å². The van der Waals surface area contributed by atoms with Crippen LogP contribution in [0, 0.1) is 6.92 Å². The Labute approximate surface area is 139 Å². The van der Waals surface area contributed by atoms with E-state index in [9.17, 15) is 14.7 Å². The van der Waals surface area contributed by atoms with Crippen molar-refractivity contribution in [2.24, 2.45) is 0 Å². The predicted molar refractivity (Wildman–Crippen MR) is 89.6 cm³/mol. The molecular formula is C19H17NO4. The van der Waals surface area contributed by atoms with Gasteiger partial charge in [-0.1, -0.05) is 29.8 Å². The highest BCUT2D eigenvalue weighted by atomic mass is 16.5. The molecular weight excluding hydrogens is 306 g/mol. The van der Waals surface area contributed by atoms with Gasteiger partial charge < -0.3 is 15.2 Å². The minimum atomic E-state index is -0.714. The molecule has 2 aromatic carbocycles. The molecule has 1 amide bonds. The number of methoxy groups -OCH3 is 1. The second-order valence-electron chi connectivity index (χ2n) is 5.64. The smallest absolute Gasteiger partial charge is 0.293 e. The molecule has 2 N–H and O–H groups in total. The maximum atomic E-state index is 12.2. The fraction of sp³-hybridized carbons (Fsp3) is 0.158. The first-order chi connectivity index (χ1) is 11.5. The highest BCUT2D eigenvalue weighted by Crippen LogP contribution is 2.33. The van der Waals surface area contributed by atoms with Crippen molar-refractivity contribution < 1.29 is 19.4 Å². The Kier molecular flexibility index (Phi) is 4.08. The topological polar surface area (TPSA) is 75.6 Å². The molecule has 0 radical (unpaired) electrons. The van der Waals surface area contributed by atoms with Gasteiger partial charge in [-0.15, -0.1) is 0 Å². The number of aliphatic hydroxyl groups is 1. The van der Waals surface area contributed by atoms with Crippen molar-refractivity contribution in [1.29, 1.82) is 0 Å². The van der Waals surface area contributed by atoms with E-state index in [0.717, 1.165) is 11.1 Å². The Balaban J connectivity index is 2.07. The number of ether oxygens (including phenoxy) is 1. The van der Waals surface area contributed by atoms with Gasteiger partial charge in [0, 0.05) is 5.56 Å². The number of aryl methyl sites for hydroxylation is 1. The summed E-state index contributed by atoms with van der Waals surface area (Å²) in [5, 5.41) is 13.2. The third kappa shape index (κ3) is 2.76. The summed E-state index contributed by atoms with van der Waals surface area (Å²) in [5.41, 5.74) is 2.33. The Morgan fingerprint density at radius 3 is 2.25 bits per heavy atom. The van der Waals surface area contributed by atoms with Crippen LogP contribution in [0.15, 0.2) is 54.1 Å². The van der Waals surface area contributed by atoms with Crippen LogP contribution < -0.4 is 10.1 Å². The summed E-state index contributed by atoms with van der Waals surface area (Å²) in [6, 6.07) is 13.4. The minimum absolute atomic E-state index is 0.0639. The fourth-order valence-electron chi connectivity index (χ4n) is 2.68. The van der Waals surface area contributed by atoms with E-state index >= 15 is 0 Å². The van der Waals surface area contributed by atoms with E-state index in [2.05, 4.69) is 5.32 Å². The quantitative estimate of drug-likeness (QED) is 0.517. The summed E-state index contributed by atoms with van der Waals surface area (Å²) in [5.74, 6) is -0.991. The van der Waals surface area contributed by atoms with E-state index in [4.69, 9.17) is 4.74 Å². The molecule has 1 aliphatic rings. The number of benzene rings is 2. The largest absolute Gasteiger partial charge is 0.507 e. The van der Waals surface area contributed by atoms with Crippen LogP contribution in [0.3, 0.4) is 0 Å². The predicted octanol–water partition coefficient (Wildman–Crippen LogP) is 2.71. The van der Waals surface area contributed by atoms with Crippen molar-refractivity contribution in [2.75, 3.05) is 7.11 Å². The van der Waals surface area contributed by atoms with Crippen LogP contribution in [0.4, 0.5) is 0 Å². The van der Waals surface area contributed by atoms with Crippen molar-refractivity contribution in [2.45, 2.75) is 13.0 Å². The lowest BCUT2D eigenvalue weighted by atomic mass is 9.95. The van der Waals surface area contributed by atoms with E-state index < -0.39 is 17.7 Å². The van der Waals surface area contributed by atoms with Crippen molar-refractivity contribution in [3.63, 3.8) is 0 Å². The molecule has 5 heteroatoms. The maximum absolute atomic E-state index is 12.2. The molecule has 5 nitrogen and oxygen atoms in total. The monoisotopic (exact) mass is 323 g/mol. The summed E-state index contributed by atoms with van der Waals surface area (Å²) in [4.78, 5) is 24.1. The molecule has 1 fully saturated rings. The zero-order valence-electron chi connectivity index (χ0n) is 13.4. The molecule has 1 atom stereocenters. The van der Waals surface area contributed by atoms with Gasteiger partial charge in [0.1, 0.15) is 11.5 Å². The highest BCUT2D eigenvalue weighted by Gasteiger charge is 2.39. The van der Waals surface area contributed by atoms with Crippen LogP contribution >= 0.6 is 0 Å². The third-order valence-electron chi connectivity index (χ3n) is 4.04. The Morgan fingerprint density at radius 2 is 1.67 bits per heavy atom. The van der Waals surface area contributed by atoms with Gasteiger partial charge in [0.15, 0.2) is 0 Å². The molecule has 3 rings (SSSR count). The van der Waals surface area contributed by atoms with Crippen LogP contribution in [-0.2, 0) is 9.59 Å². The second kappa shape index (κ2) is 6.20. The van der Waals surface area contributed by atoms with Crippen molar-refractivity contribution in [3.05, 3.63) is 70.8 Å². The molecule has 0 unspecified atom stereocenters. The average molecular weight is 323 g/mol. The standard InChI is InChI=1S/C19H17NO4/c1-11-3-5-12(6-4-11)16-15(18(22)19(23)20-16)17(21)13-7-9-14(24-2)10-8-13/h3-10,16,21H,1-2H3,(H,20,23)/t16-/m1/s1. The van der Waals surface area contributed by atoms with Crippen LogP contribution in [0.25, 0.3) is 5.76 Å². The molecule has 0 aliphatic carbocycles. The molecule has 1 aliphatic heterocycles. The van der Waals surface area contributed by atoms with Gasteiger partial charge in [0.2, 0.25) is 0 Å². The van der Waals surface area contributed by atoms with Gasteiger partial charge in [-0.3, -0.25) is 9.59 Å². The third-order valence-corrected chi connectivity index (χ3v) is 4.04. The van der Waals surface area contributed by atoms with Crippen LogP contribution in [-0.4, -0.2) is 23.9 Å². The van der Waals surface area contributed by atoms with Gasteiger partial charge in [0.25, 0.3) is 11.7 Å². The first-order valence-electron chi connectivity index (χ1n) is 7.50. The first-order valence-corrected chi connectivity index (χ1v) is 7.50. The lowest BCUT2D eigenvalue weighted by Crippen LogP contribution is -2.21. The summed E-state index contributed by atoms with van der Waals surface area (Å²) in [6.45, 7) is 1.95. The summed E-state index contributed by atoms with van der Waals surface area (Å²) in [7, 11) is 1.55. The molecule has 1 heterocycles. The van der Waals surface area contributed by atoms with Crippen molar-refractivity contribution in [1.82, 2.24) is 5.32 Å². The molecule has 24 heavy (non-hydrogen) atoms. The number of rotatable bonds is 3. The van der Waals surface area contributed by atoms with E-state index in [1.165, 1.54) is 0 Å². The lowest BCUT2D eigenvalue weighted by molar-refractivity contribution is -0.133.